The van der Waals surface area contributed by atoms with Crippen LogP contribution in [0.15, 0.2) is 54.6 Å². The summed E-state index contributed by atoms with van der Waals surface area (Å²) in [4.78, 5) is 12.1. The number of amides is 1. The highest BCUT2D eigenvalue weighted by atomic mass is 28.4. The van der Waals surface area contributed by atoms with Gasteiger partial charge in [0.1, 0.15) is 12.4 Å². The molecule has 0 saturated heterocycles. The molecule has 0 unspecified atom stereocenters. The van der Waals surface area contributed by atoms with Crippen molar-refractivity contribution in [3.8, 4) is 5.75 Å². The normalized spacial score (nSPS) is 12.9. The van der Waals surface area contributed by atoms with Crippen molar-refractivity contribution in [3.63, 3.8) is 0 Å². The van der Waals surface area contributed by atoms with Crippen LogP contribution in [0.4, 0.5) is 4.79 Å². The third-order valence-electron chi connectivity index (χ3n) is 5.15. The van der Waals surface area contributed by atoms with E-state index < -0.39 is 20.5 Å². The summed E-state index contributed by atoms with van der Waals surface area (Å²) in [6.45, 7) is 10.9. The number of benzene rings is 2. The molecule has 2 rings (SSSR count). The van der Waals surface area contributed by atoms with Gasteiger partial charge < -0.3 is 19.6 Å². The van der Waals surface area contributed by atoms with Crippen LogP contribution >= 0.6 is 0 Å². The molecule has 0 aliphatic carbocycles. The van der Waals surface area contributed by atoms with Crippen LogP contribution in [-0.4, -0.2) is 26.1 Å². The van der Waals surface area contributed by atoms with Crippen LogP contribution in [0.25, 0.3) is 0 Å². The smallest absolute Gasteiger partial charge is 0.408 e. The summed E-state index contributed by atoms with van der Waals surface area (Å²) < 4.78 is 11.5. The first-order valence-corrected chi connectivity index (χ1v) is 12.4. The first-order chi connectivity index (χ1) is 13.1. The minimum atomic E-state index is -1.91. The van der Waals surface area contributed by atoms with Gasteiger partial charge >= 0.3 is 6.09 Å². The molecule has 0 aliphatic heterocycles. The third-order valence-corrected chi connectivity index (χ3v) is 9.51. The number of carbonyl (C=O) groups is 1. The summed E-state index contributed by atoms with van der Waals surface area (Å²) in [7, 11) is -1.91. The largest absolute Gasteiger partial charge is 0.544 e. The van der Waals surface area contributed by atoms with Crippen molar-refractivity contribution in [2.45, 2.75) is 51.6 Å². The number of alkyl carbamates (subject to hydrolysis) is 1. The number of carbonyl (C=O) groups excluding carboxylic acids is 1. The molecule has 0 fully saturated rings. The second-order valence-corrected chi connectivity index (χ2v) is 13.1. The van der Waals surface area contributed by atoms with Gasteiger partial charge in [-0.25, -0.2) is 4.79 Å². The molecule has 0 aromatic heterocycles. The van der Waals surface area contributed by atoms with E-state index in [1.54, 1.807) is 0 Å². The average molecular weight is 402 g/mol. The zero-order valence-corrected chi connectivity index (χ0v) is 18.4. The van der Waals surface area contributed by atoms with Gasteiger partial charge in [0.15, 0.2) is 0 Å². The van der Waals surface area contributed by atoms with Crippen LogP contribution in [0.2, 0.25) is 18.1 Å². The predicted molar refractivity (Wildman–Crippen MR) is 114 cm³/mol. The Bertz CT molecular complexity index is 754. The molecule has 5 nitrogen and oxygen atoms in total. The van der Waals surface area contributed by atoms with Gasteiger partial charge in [0.2, 0.25) is 8.32 Å². The fraction of sp³-hybridized carbons (Fsp3) is 0.409. The Morgan fingerprint density at radius 3 is 2.21 bits per heavy atom. The van der Waals surface area contributed by atoms with E-state index in [-0.39, 0.29) is 18.3 Å². The average Bonchev–Trinajstić information content (AvgIpc) is 2.65. The lowest BCUT2D eigenvalue weighted by Crippen LogP contribution is -2.43. The van der Waals surface area contributed by atoms with E-state index in [9.17, 15) is 9.90 Å². The second-order valence-electron chi connectivity index (χ2n) is 8.37. The standard InChI is InChI=1S/C22H31NO4Si/c1-22(2,3)28(4,5)27-19-13-11-18(12-14-19)20(15-24)23-21(25)26-16-17-9-7-6-8-10-17/h6-14,20,24H,15-16H2,1-5H3,(H,23,25)/t20-/m1/s1. The number of rotatable bonds is 7. The van der Waals surface area contributed by atoms with E-state index in [0.29, 0.717) is 0 Å². The third kappa shape index (κ3) is 6.11. The summed E-state index contributed by atoms with van der Waals surface area (Å²) >= 11 is 0. The van der Waals surface area contributed by atoms with Gasteiger partial charge in [-0.2, -0.15) is 0 Å². The molecule has 2 aromatic carbocycles. The van der Waals surface area contributed by atoms with Crippen molar-refractivity contribution < 1.29 is 19.1 Å². The van der Waals surface area contributed by atoms with E-state index in [2.05, 4.69) is 39.2 Å². The van der Waals surface area contributed by atoms with Gasteiger partial charge in [0.25, 0.3) is 0 Å². The molecule has 0 bridgehead atoms. The second kappa shape index (κ2) is 9.25. The van der Waals surface area contributed by atoms with E-state index in [4.69, 9.17) is 9.16 Å². The maximum absolute atomic E-state index is 12.1. The van der Waals surface area contributed by atoms with Gasteiger partial charge in [-0.1, -0.05) is 63.2 Å². The van der Waals surface area contributed by atoms with Crippen LogP contribution < -0.4 is 9.74 Å². The van der Waals surface area contributed by atoms with Crippen LogP contribution in [-0.2, 0) is 11.3 Å². The first-order valence-electron chi connectivity index (χ1n) is 9.49. The van der Waals surface area contributed by atoms with Crippen molar-refractivity contribution in [3.05, 3.63) is 65.7 Å². The Balaban J connectivity index is 1.95. The molecule has 152 valence electrons. The van der Waals surface area contributed by atoms with Crippen molar-refractivity contribution in [2.75, 3.05) is 6.61 Å². The lowest BCUT2D eigenvalue weighted by Gasteiger charge is -2.36. The Kier molecular flexibility index (Phi) is 7.27. The molecule has 28 heavy (non-hydrogen) atoms. The molecular weight excluding hydrogens is 370 g/mol. The Labute approximate surface area is 168 Å². The number of aliphatic hydroxyl groups is 1. The number of nitrogens with one attached hydrogen (secondary N) is 1. The minimum Gasteiger partial charge on any atom is -0.544 e. The van der Waals surface area contributed by atoms with E-state index in [1.165, 1.54) is 0 Å². The fourth-order valence-corrected chi connectivity index (χ4v) is 3.39. The van der Waals surface area contributed by atoms with E-state index >= 15 is 0 Å². The Hall–Kier alpha value is -2.31. The summed E-state index contributed by atoms with van der Waals surface area (Å²) in [5.74, 6) is 0.804. The number of ether oxygens (including phenoxy) is 1. The molecule has 0 spiro atoms. The molecule has 1 atom stereocenters. The number of aliphatic hydroxyl groups excluding tert-OH is 1. The van der Waals surface area contributed by atoms with Gasteiger partial charge in [0, 0.05) is 0 Å². The monoisotopic (exact) mass is 401 g/mol. The zero-order chi connectivity index (χ0) is 20.8. The minimum absolute atomic E-state index is 0.114. The first kappa shape index (κ1) is 22.0. The maximum Gasteiger partial charge on any atom is 0.408 e. The van der Waals surface area contributed by atoms with E-state index in [1.807, 2.05) is 54.6 Å². The highest BCUT2D eigenvalue weighted by Crippen LogP contribution is 2.37. The van der Waals surface area contributed by atoms with E-state index in [0.717, 1.165) is 16.9 Å². The van der Waals surface area contributed by atoms with Gasteiger partial charge in [-0.3, -0.25) is 0 Å². The summed E-state index contributed by atoms with van der Waals surface area (Å²) in [6, 6.07) is 16.4. The molecule has 6 heteroatoms. The van der Waals surface area contributed by atoms with Crippen molar-refractivity contribution >= 4 is 14.4 Å². The summed E-state index contributed by atoms with van der Waals surface area (Å²) in [6.07, 6.45) is -0.565. The number of hydrogen-bond donors (Lipinski definition) is 2. The highest BCUT2D eigenvalue weighted by Gasteiger charge is 2.38. The maximum atomic E-state index is 12.1. The Morgan fingerprint density at radius 1 is 1.07 bits per heavy atom. The molecule has 2 N–H and O–H groups in total. The Morgan fingerprint density at radius 2 is 1.68 bits per heavy atom. The quantitative estimate of drug-likeness (QED) is 0.639. The molecule has 0 saturated carbocycles. The van der Waals surface area contributed by atoms with Gasteiger partial charge in [-0.05, 0) is 41.4 Å². The molecule has 0 heterocycles. The fourth-order valence-electron chi connectivity index (χ4n) is 2.36. The lowest BCUT2D eigenvalue weighted by molar-refractivity contribution is 0.129. The molecule has 2 aromatic rings. The topological polar surface area (TPSA) is 67.8 Å². The van der Waals surface area contributed by atoms with Gasteiger partial charge in [-0.15, -0.1) is 0 Å². The summed E-state index contributed by atoms with van der Waals surface area (Å²) in [5.41, 5.74) is 1.70. The molecule has 0 aliphatic rings. The zero-order valence-electron chi connectivity index (χ0n) is 17.4. The summed E-state index contributed by atoms with van der Waals surface area (Å²) in [5, 5.41) is 12.5. The number of hydrogen-bond acceptors (Lipinski definition) is 4. The van der Waals surface area contributed by atoms with Crippen LogP contribution in [0, 0.1) is 0 Å². The van der Waals surface area contributed by atoms with Gasteiger partial charge in [0.05, 0.1) is 12.6 Å². The molecule has 0 radical (unpaired) electrons. The van der Waals surface area contributed by atoms with Crippen LogP contribution in [0.3, 0.4) is 0 Å². The van der Waals surface area contributed by atoms with Crippen molar-refractivity contribution in [2.24, 2.45) is 0 Å². The van der Waals surface area contributed by atoms with Crippen molar-refractivity contribution in [1.82, 2.24) is 5.32 Å². The lowest BCUT2D eigenvalue weighted by atomic mass is 10.1. The van der Waals surface area contributed by atoms with Crippen molar-refractivity contribution in [1.29, 1.82) is 0 Å². The SMILES string of the molecule is CC(C)(C)[Si](C)(C)Oc1ccc([C@@H](CO)NC(=O)OCc2ccccc2)cc1. The van der Waals surface area contributed by atoms with Crippen LogP contribution in [0.1, 0.15) is 37.9 Å². The highest BCUT2D eigenvalue weighted by molar-refractivity contribution is 6.74. The molecular formula is C22H31NO4Si. The predicted octanol–water partition coefficient (Wildman–Crippen LogP) is 5.03. The van der Waals surface area contributed by atoms with Crippen LogP contribution in [0.5, 0.6) is 5.75 Å². The molecule has 1 amide bonds.